The van der Waals surface area contributed by atoms with Gasteiger partial charge in [0.05, 0.1) is 19.1 Å². The van der Waals surface area contributed by atoms with Crippen LogP contribution in [0.25, 0.3) is 0 Å². The Kier molecular flexibility index (Phi) is 6.60. The van der Waals surface area contributed by atoms with E-state index in [-0.39, 0.29) is 17.4 Å². The molecule has 0 spiro atoms. The molecule has 0 saturated carbocycles. The van der Waals surface area contributed by atoms with Crippen molar-refractivity contribution in [3.8, 4) is 0 Å². The Morgan fingerprint density at radius 3 is 2.44 bits per heavy atom. The Hall–Kier alpha value is -0.610. The number of carbonyl (C=O) groups is 1. The van der Waals surface area contributed by atoms with Gasteiger partial charge >= 0.3 is 0 Å². The molecule has 0 fully saturated rings. The molecule has 0 atom stereocenters. The number of ether oxygens (including phenoxy) is 1. The minimum absolute atomic E-state index is 0.0245. The predicted molar refractivity (Wildman–Crippen MR) is 66.2 cm³/mol. The van der Waals surface area contributed by atoms with Gasteiger partial charge in [-0.05, 0) is 25.8 Å². The first-order valence-electron chi connectivity index (χ1n) is 5.84. The average Bonchev–Trinajstić information content (AvgIpc) is 2.16. The molecular weight excluding hydrogens is 204 g/mol. The molecule has 0 rings (SSSR count). The number of nitrogens with zero attached hydrogens (tertiary/aromatic N) is 1. The average molecular weight is 230 g/mol. The zero-order valence-electron chi connectivity index (χ0n) is 11.2. The Bertz CT molecular complexity index is 215. The Labute approximate surface area is 99.1 Å². The van der Waals surface area contributed by atoms with Gasteiger partial charge < -0.3 is 15.4 Å². The highest BCUT2D eigenvalue weighted by Gasteiger charge is 2.20. The molecule has 0 aliphatic rings. The van der Waals surface area contributed by atoms with Gasteiger partial charge in [0.25, 0.3) is 0 Å². The van der Waals surface area contributed by atoms with E-state index < -0.39 is 0 Å². The van der Waals surface area contributed by atoms with Crippen molar-refractivity contribution in [2.24, 2.45) is 11.1 Å². The van der Waals surface area contributed by atoms with Crippen molar-refractivity contribution in [3.63, 3.8) is 0 Å². The largest absolute Gasteiger partial charge is 0.378 e. The van der Waals surface area contributed by atoms with Crippen LogP contribution in [-0.2, 0) is 9.53 Å². The standard InChI is InChI=1S/C12H26N2O2/c1-10(2)16-7-6-11(15)14(5)9-12(3,4)8-13/h10H,6-9,13H2,1-5H3. The lowest BCUT2D eigenvalue weighted by Gasteiger charge is -2.29. The molecular formula is C12H26N2O2. The highest BCUT2D eigenvalue weighted by molar-refractivity contribution is 5.76. The summed E-state index contributed by atoms with van der Waals surface area (Å²) in [6, 6.07) is 0. The number of amides is 1. The minimum Gasteiger partial charge on any atom is -0.378 e. The number of hydrogen-bond acceptors (Lipinski definition) is 3. The normalized spacial score (nSPS) is 11.9. The fourth-order valence-corrected chi connectivity index (χ4v) is 1.37. The van der Waals surface area contributed by atoms with Gasteiger partial charge in [-0.2, -0.15) is 0 Å². The van der Waals surface area contributed by atoms with Crippen LogP contribution in [0.2, 0.25) is 0 Å². The van der Waals surface area contributed by atoms with Crippen LogP contribution >= 0.6 is 0 Å². The Balaban J connectivity index is 3.91. The lowest BCUT2D eigenvalue weighted by atomic mass is 9.93. The van der Waals surface area contributed by atoms with Crippen LogP contribution in [0.1, 0.15) is 34.1 Å². The van der Waals surface area contributed by atoms with E-state index in [2.05, 4.69) is 13.8 Å². The van der Waals surface area contributed by atoms with Gasteiger partial charge in [0.1, 0.15) is 0 Å². The summed E-state index contributed by atoms with van der Waals surface area (Å²) in [4.78, 5) is 13.5. The number of rotatable bonds is 7. The van der Waals surface area contributed by atoms with Crippen LogP contribution in [0, 0.1) is 5.41 Å². The summed E-state index contributed by atoms with van der Waals surface area (Å²) < 4.78 is 5.35. The lowest BCUT2D eigenvalue weighted by molar-refractivity contribution is -0.132. The van der Waals surface area contributed by atoms with Crippen LogP contribution in [0.15, 0.2) is 0 Å². The second-order valence-corrected chi connectivity index (χ2v) is 5.29. The van der Waals surface area contributed by atoms with Gasteiger partial charge in [-0.25, -0.2) is 0 Å². The molecule has 1 amide bonds. The first kappa shape index (κ1) is 15.4. The summed E-state index contributed by atoms with van der Waals surface area (Å²) >= 11 is 0. The second kappa shape index (κ2) is 6.86. The SMILES string of the molecule is CC(C)OCCC(=O)N(C)CC(C)(C)CN. The van der Waals surface area contributed by atoms with Crippen molar-refractivity contribution in [2.45, 2.75) is 40.2 Å². The summed E-state index contributed by atoms with van der Waals surface area (Å²) in [6.45, 7) is 9.79. The number of nitrogens with two attached hydrogens (primary N) is 1. The minimum atomic E-state index is -0.0245. The van der Waals surface area contributed by atoms with E-state index in [1.165, 1.54) is 0 Å². The highest BCUT2D eigenvalue weighted by Crippen LogP contribution is 2.14. The first-order chi connectivity index (χ1) is 7.28. The molecule has 96 valence electrons. The predicted octanol–water partition coefficient (Wildman–Crippen LogP) is 1.24. The third-order valence-corrected chi connectivity index (χ3v) is 2.41. The quantitative estimate of drug-likeness (QED) is 0.716. The van der Waals surface area contributed by atoms with E-state index in [1.807, 2.05) is 20.9 Å². The topological polar surface area (TPSA) is 55.6 Å². The third-order valence-electron chi connectivity index (χ3n) is 2.41. The maximum absolute atomic E-state index is 11.7. The molecule has 4 heteroatoms. The van der Waals surface area contributed by atoms with Gasteiger partial charge in [0.15, 0.2) is 0 Å². The van der Waals surface area contributed by atoms with E-state index in [1.54, 1.807) is 4.90 Å². The molecule has 0 unspecified atom stereocenters. The zero-order chi connectivity index (χ0) is 12.8. The molecule has 2 N–H and O–H groups in total. The number of hydrogen-bond donors (Lipinski definition) is 1. The molecule has 0 aromatic rings. The Morgan fingerprint density at radius 1 is 1.44 bits per heavy atom. The van der Waals surface area contributed by atoms with Crippen molar-refractivity contribution in [1.29, 1.82) is 0 Å². The molecule has 0 radical (unpaired) electrons. The van der Waals surface area contributed by atoms with Crippen LogP contribution < -0.4 is 5.73 Å². The summed E-state index contributed by atoms with van der Waals surface area (Å²) in [5, 5.41) is 0. The van der Waals surface area contributed by atoms with E-state index in [9.17, 15) is 4.79 Å². The van der Waals surface area contributed by atoms with Gasteiger partial charge in [-0.1, -0.05) is 13.8 Å². The van der Waals surface area contributed by atoms with Crippen LogP contribution in [0.5, 0.6) is 0 Å². The molecule has 0 heterocycles. The Morgan fingerprint density at radius 2 is 2.00 bits per heavy atom. The summed E-state index contributed by atoms with van der Waals surface area (Å²) in [6.07, 6.45) is 0.619. The van der Waals surface area contributed by atoms with Gasteiger partial charge in [-0.15, -0.1) is 0 Å². The first-order valence-corrected chi connectivity index (χ1v) is 5.84. The monoisotopic (exact) mass is 230 g/mol. The van der Waals surface area contributed by atoms with E-state index in [0.29, 0.717) is 26.1 Å². The van der Waals surface area contributed by atoms with Crippen LogP contribution in [-0.4, -0.2) is 43.7 Å². The van der Waals surface area contributed by atoms with E-state index in [4.69, 9.17) is 10.5 Å². The van der Waals surface area contributed by atoms with Crippen molar-refractivity contribution >= 4 is 5.91 Å². The summed E-state index contributed by atoms with van der Waals surface area (Å²) in [5.41, 5.74) is 5.61. The van der Waals surface area contributed by atoms with Crippen molar-refractivity contribution in [2.75, 3.05) is 26.7 Å². The molecule has 4 nitrogen and oxygen atoms in total. The second-order valence-electron chi connectivity index (χ2n) is 5.29. The van der Waals surface area contributed by atoms with Crippen LogP contribution in [0.4, 0.5) is 0 Å². The van der Waals surface area contributed by atoms with Crippen LogP contribution in [0.3, 0.4) is 0 Å². The maximum atomic E-state index is 11.7. The van der Waals surface area contributed by atoms with Gasteiger partial charge in [0.2, 0.25) is 5.91 Å². The maximum Gasteiger partial charge on any atom is 0.224 e. The molecule has 0 aromatic heterocycles. The molecule has 0 bridgehead atoms. The smallest absolute Gasteiger partial charge is 0.224 e. The van der Waals surface area contributed by atoms with Gasteiger partial charge in [-0.3, -0.25) is 4.79 Å². The third kappa shape index (κ3) is 6.80. The lowest BCUT2D eigenvalue weighted by Crippen LogP contribution is -2.40. The molecule has 0 saturated heterocycles. The number of carbonyl (C=O) groups excluding carboxylic acids is 1. The van der Waals surface area contributed by atoms with E-state index in [0.717, 1.165) is 0 Å². The molecule has 0 aliphatic carbocycles. The molecule has 0 aliphatic heterocycles. The fourth-order valence-electron chi connectivity index (χ4n) is 1.37. The molecule has 16 heavy (non-hydrogen) atoms. The zero-order valence-corrected chi connectivity index (χ0v) is 11.2. The summed E-state index contributed by atoms with van der Waals surface area (Å²) in [5.74, 6) is 0.113. The van der Waals surface area contributed by atoms with Gasteiger partial charge in [0, 0.05) is 13.6 Å². The van der Waals surface area contributed by atoms with E-state index >= 15 is 0 Å². The molecule has 0 aromatic carbocycles. The fraction of sp³-hybridized carbons (Fsp3) is 0.917. The van der Waals surface area contributed by atoms with Crippen molar-refractivity contribution < 1.29 is 9.53 Å². The van der Waals surface area contributed by atoms with Crippen molar-refractivity contribution in [3.05, 3.63) is 0 Å². The summed E-state index contributed by atoms with van der Waals surface area (Å²) in [7, 11) is 1.81. The highest BCUT2D eigenvalue weighted by atomic mass is 16.5. The van der Waals surface area contributed by atoms with Crippen molar-refractivity contribution in [1.82, 2.24) is 4.90 Å².